The number of rotatable bonds is 6. The van der Waals surface area contributed by atoms with Crippen LogP contribution in [0.3, 0.4) is 0 Å². The lowest BCUT2D eigenvalue weighted by Crippen LogP contribution is -2.38. The highest BCUT2D eigenvalue weighted by molar-refractivity contribution is 5.78. The van der Waals surface area contributed by atoms with Crippen LogP contribution >= 0.6 is 0 Å². The topological polar surface area (TPSA) is 37.3 Å². The molecule has 2 heterocycles. The summed E-state index contributed by atoms with van der Waals surface area (Å²) in [5.74, 6) is -0.269. The largest absolute Gasteiger partial charge is 0.354 e. The van der Waals surface area contributed by atoms with Gasteiger partial charge in [0.2, 0.25) is 5.91 Å². The van der Waals surface area contributed by atoms with E-state index in [-0.39, 0.29) is 11.7 Å². The normalized spacial score (nSPS) is 13.9. The first-order chi connectivity index (χ1) is 13.7. The van der Waals surface area contributed by atoms with Crippen LogP contribution in [0, 0.1) is 5.82 Å². The first-order valence-corrected chi connectivity index (χ1v) is 9.67. The van der Waals surface area contributed by atoms with Gasteiger partial charge in [-0.3, -0.25) is 9.69 Å². The number of benzene rings is 2. The molecule has 4 nitrogen and oxygen atoms in total. The Morgan fingerprint density at radius 3 is 2.61 bits per heavy atom. The maximum absolute atomic E-state index is 13.1. The monoisotopic (exact) mass is 377 g/mol. The summed E-state index contributed by atoms with van der Waals surface area (Å²) in [6.45, 7) is 3.46. The van der Waals surface area contributed by atoms with Crippen molar-refractivity contribution < 1.29 is 9.18 Å². The van der Waals surface area contributed by atoms with E-state index in [1.807, 2.05) is 22.9 Å². The summed E-state index contributed by atoms with van der Waals surface area (Å²) >= 11 is 0. The van der Waals surface area contributed by atoms with E-state index in [0.29, 0.717) is 13.0 Å². The van der Waals surface area contributed by atoms with Gasteiger partial charge in [0.25, 0.3) is 0 Å². The average Bonchev–Trinajstić information content (AvgIpc) is 3.16. The molecule has 0 radical (unpaired) electrons. The Morgan fingerprint density at radius 1 is 1.00 bits per heavy atom. The van der Waals surface area contributed by atoms with Crippen LogP contribution in [0.2, 0.25) is 0 Å². The molecular formula is C23H24FN3O. The molecule has 0 fully saturated rings. The molecule has 0 unspecified atom stereocenters. The number of carbonyl (C=O) groups is 1. The highest BCUT2D eigenvalue weighted by atomic mass is 19.1. The molecule has 2 aromatic carbocycles. The van der Waals surface area contributed by atoms with Gasteiger partial charge in [-0.1, -0.05) is 24.3 Å². The van der Waals surface area contributed by atoms with Gasteiger partial charge in [-0.05, 0) is 53.9 Å². The van der Waals surface area contributed by atoms with E-state index in [1.54, 1.807) is 12.1 Å². The fourth-order valence-corrected chi connectivity index (χ4v) is 3.74. The maximum atomic E-state index is 13.1. The van der Waals surface area contributed by atoms with E-state index in [1.165, 1.54) is 23.3 Å². The zero-order valence-electron chi connectivity index (χ0n) is 15.8. The first kappa shape index (κ1) is 18.4. The number of hydrogen-bond donors (Lipinski definition) is 1. The van der Waals surface area contributed by atoms with Crippen LogP contribution in [-0.2, 0) is 24.2 Å². The van der Waals surface area contributed by atoms with Crippen molar-refractivity contribution in [3.8, 4) is 5.69 Å². The van der Waals surface area contributed by atoms with Gasteiger partial charge in [0.15, 0.2) is 0 Å². The van der Waals surface area contributed by atoms with Crippen molar-refractivity contribution in [2.45, 2.75) is 19.4 Å². The Labute approximate surface area is 164 Å². The minimum atomic E-state index is -0.268. The van der Waals surface area contributed by atoms with Gasteiger partial charge in [-0.2, -0.15) is 0 Å². The average molecular weight is 377 g/mol. The predicted octanol–water partition coefficient (Wildman–Crippen LogP) is 3.33. The molecular weight excluding hydrogens is 353 g/mol. The lowest BCUT2D eigenvalue weighted by molar-refractivity contribution is -0.120. The summed E-state index contributed by atoms with van der Waals surface area (Å²) in [6.07, 6.45) is 3.25. The van der Waals surface area contributed by atoms with Crippen LogP contribution in [0.1, 0.15) is 16.8 Å². The molecule has 1 aliphatic heterocycles. The van der Waals surface area contributed by atoms with Gasteiger partial charge in [0.1, 0.15) is 5.82 Å². The van der Waals surface area contributed by atoms with Gasteiger partial charge in [0, 0.05) is 43.8 Å². The molecule has 1 amide bonds. The Balaban J connectivity index is 1.28. The smallest absolute Gasteiger partial charge is 0.225 e. The van der Waals surface area contributed by atoms with E-state index in [4.69, 9.17) is 0 Å². The number of fused-ring (bicyclic) bond motifs is 1. The second-order valence-corrected chi connectivity index (χ2v) is 7.17. The molecule has 0 bridgehead atoms. The molecule has 0 saturated carbocycles. The summed E-state index contributed by atoms with van der Waals surface area (Å²) in [5, 5.41) is 3.03. The SMILES string of the molecule is O=C(Cc1cccn1-c1ccc(F)cc1)NCCN1CCc2ccccc2C1. The minimum absolute atomic E-state index is 0.000490. The second-order valence-electron chi connectivity index (χ2n) is 7.17. The molecule has 0 aliphatic carbocycles. The molecule has 5 heteroatoms. The molecule has 28 heavy (non-hydrogen) atoms. The van der Waals surface area contributed by atoms with E-state index in [0.717, 1.165) is 37.4 Å². The molecule has 0 atom stereocenters. The quantitative estimate of drug-likeness (QED) is 0.715. The van der Waals surface area contributed by atoms with Crippen LogP contribution in [0.15, 0.2) is 66.9 Å². The third-order valence-electron chi connectivity index (χ3n) is 5.24. The van der Waals surface area contributed by atoms with Crippen molar-refractivity contribution >= 4 is 5.91 Å². The van der Waals surface area contributed by atoms with E-state index in [9.17, 15) is 9.18 Å². The van der Waals surface area contributed by atoms with Crippen LogP contribution < -0.4 is 5.32 Å². The van der Waals surface area contributed by atoms with Gasteiger partial charge >= 0.3 is 0 Å². The highest BCUT2D eigenvalue weighted by Crippen LogP contribution is 2.18. The van der Waals surface area contributed by atoms with Gasteiger partial charge < -0.3 is 9.88 Å². The summed E-state index contributed by atoms with van der Waals surface area (Å²) in [7, 11) is 0. The molecule has 4 rings (SSSR count). The van der Waals surface area contributed by atoms with Crippen molar-refractivity contribution in [3.05, 3.63) is 89.5 Å². The number of halogens is 1. The second kappa shape index (κ2) is 8.40. The van der Waals surface area contributed by atoms with Crippen LogP contribution in [-0.4, -0.2) is 35.0 Å². The molecule has 1 aliphatic rings. The van der Waals surface area contributed by atoms with E-state index in [2.05, 4.69) is 34.5 Å². The van der Waals surface area contributed by atoms with Crippen molar-refractivity contribution in [3.63, 3.8) is 0 Å². The summed E-state index contributed by atoms with van der Waals surface area (Å²) in [4.78, 5) is 14.8. The number of nitrogens with one attached hydrogen (secondary N) is 1. The molecule has 0 saturated heterocycles. The Morgan fingerprint density at radius 2 is 1.79 bits per heavy atom. The number of hydrogen-bond acceptors (Lipinski definition) is 2. The third-order valence-corrected chi connectivity index (χ3v) is 5.24. The Hall–Kier alpha value is -2.92. The minimum Gasteiger partial charge on any atom is -0.354 e. The van der Waals surface area contributed by atoms with Crippen molar-refractivity contribution in [2.24, 2.45) is 0 Å². The fourth-order valence-electron chi connectivity index (χ4n) is 3.74. The van der Waals surface area contributed by atoms with Crippen molar-refractivity contribution in [1.29, 1.82) is 0 Å². The zero-order valence-corrected chi connectivity index (χ0v) is 15.8. The van der Waals surface area contributed by atoms with Crippen molar-refractivity contribution in [1.82, 2.24) is 14.8 Å². The van der Waals surface area contributed by atoms with Crippen LogP contribution in [0.25, 0.3) is 5.69 Å². The molecule has 1 N–H and O–H groups in total. The zero-order chi connectivity index (χ0) is 19.3. The number of nitrogens with zero attached hydrogens (tertiary/aromatic N) is 2. The van der Waals surface area contributed by atoms with E-state index < -0.39 is 0 Å². The summed E-state index contributed by atoms with van der Waals surface area (Å²) < 4.78 is 15.1. The van der Waals surface area contributed by atoms with Gasteiger partial charge in [0.05, 0.1) is 6.42 Å². The predicted molar refractivity (Wildman–Crippen MR) is 108 cm³/mol. The van der Waals surface area contributed by atoms with E-state index >= 15 is 0 Å². The molecule has 144 valence electrons. The number of amides is 1. The summed E-state index contributed by atoms with van der Waals surface area (Å²) in [6, 6.07) is 18.7. The summed E-state index contributed by atoms with van der Waals surface area (Å²) in [5.41, 5.74) is 4.55. The number of carbonyl (C=O) groups excluding carboxylic acids is 1. The first-order valence-electron chi connectivity index (χ1n) is 9.67. The Bertz CT molecular complexity index is 948. The van der Waals surface area contributed by atoms with Crippen molar-refractivity contribution in [2.75, 3.05) is 19.6 Å². The van der Waals surface area contributed by atoms with Crippen LogP contribution in [0.4, 0.5) is 4.39 Å². The fraction of sp³-hybridized carbons (Fsp3) is 0.261. The third kappa shape index (κ3) is 4.31. The lowest BCUT2D eigenvalue weighted by Gasteiger charge is -2.28. The standard InChI is InChI=1S/C23H24FN3O/c24-20-7-9-21(10-8-20)27-13-3-6-22(27)16-23(28)25-12-15-26-14-11-18-4-1-2-5-19(18)17-26/h1-10,13H,11-12,14-17H2,(H,25,28). The molecule has 1 aromatic heterocycles. The van der Waals surface area contributed by atoms with Gasteiger partial charge in [-0.25, -0.2) is 4.39 Å². The molecule has 3 aromatic rings. The van der Waals surface area contributed by atoms with Crippen LogP contribution in [0.5, 0.6) is 0 Å². The highest BCUT2D eigenvalue weighted by Gasteiger charge is 2.15. The molecule has 0 spiro atoms. The Kier molecular flexibility index (Phi) is 5.53. The maximum Gasteiger partial charge on any atom is 0.225 e. The lowest BCUT2D eigenvalue weighted by atomic mass is 10.00. The number of aromatic nitrogens is 1. The van der Waals surface area contributed by atoms with Gasteiger partial charge in [-0.15, -0.1) is 0 Å².